The van der Waals surface area contributed by atoms with Gasteiger partial charge in [-0.15, -0.1) is 0 Å². The van der Waals surface area contributed by atoms with E-state index in [9.17, 15) is 39.3 Å². The van der Waals surface area contributed by atoms with Gasteiger partial charge in [-0.2, -0.15) is 5.26 Å². The first-order chi connectivity index (χ1) is 57.8. The third kappa shape index (κ3) is 57.9. The number of amides is 2. The number of carboxylic acids is 1. The summed E-state index contributed by atoms with van der Waals surface area (Å²) in [7, 11) is -5.49. The zero-order chi connectivity index (χ0) is 94.9. The Hall–Kier alpha value is 21.6. The van der Waals surface area contributed by atoms with Crippen LogP contribution in [-0.2, 0) is 74.6 Å². The molecule has 4 aliphatic carbocycles. The molecule has 0 spiro atoms. The number of ketones is 2. The average Bonchev–Trinajstić information content (AvgIpc) is 1.62. The number of fused-ring (bicyclic) bond motifs is 4. The number of carbonyl (C=O) groups is 5. The van der Waals surface area contributed by atoms with Gasteiger partial charge in [0.25, 0.3) is 5.91 Å². The van der Waals surface area contributed by atoms with E-state index in [-0.39, 0.29) is 141 Å². The van der Waals surface area contributed by atoms with Crippen LogP contribution >= 0.6 is 581 Å². The van der Waals surface area contributed by atoms with Crippen LogP contribution in [0.2, 0.25) is 29.7 Å². The molecule has 0 radical (unpaired) electrons. The predicted octanol–water partition coefficient (Wildman–Crippen LogP) is 35.9. The molecule has 1 saturated heterocycles. The van der Waals surface area contributed by atoms with E-state index in [1.165, 1.54) is 10.5 Å². The molecule has 2 amide bonds. The zero-order valence-corrected chi connectivity index (χ0v) is 152. The molecule has 3 unspecified atom stereocenters. The van der Waals surface area contributed by atoms with Gasteiger partial charge in [0.05, 0.1) is 12.2 Å². The molecule has 18 nitrogen and oxygen atoms in total. The number of nitrogens with one attached hydrogen (secondary N) is 1. The van der Waals surface area contributed by atoms with Crippen molar-refractivity contribution in [3.8, 4) is 11.8 Å². The fourth-order valence-corrected chi connectivity index (χ4v) is 2110. The molecule has 4 aromatic heterocycles. The van der Waals surface area contributed by atoms with Gasteiger partial charge in [-0.25, -0.2) is 10.1 Å². The molecule has 11 rings (SSSR count). The first-order valence-corrected chi connectivity index (χ1v) is 257. The smallest absolute Gasteiger partial charge is 0.340 e. The number of Topliss-reactive ketones (excluding diaryl/α,β-unsaturated/α-hetero) is 2. The molecule has 722 valence electrons. The molecule has 0 bridgehead atoms. The van der Waals surface area contributed by atoms with Crippen molar-refractivity contribution >= 4 is 618 Å². The molecule has 5 heterocycles. The van der Waals surface area contributed by atoms with Crippen LogP contribution in [0.1, 0.15) is 117 Å². The van der Waals surface area contributed by atoms with E-state index >= 15 is 0 Å². The van der Waals surface area contributed by atoms with Gasteiger partial charge in [0, 0.05) is 106 Å². The van der Waals surface area contributed by atoms with E-state index in [0.717, 1.165) is 58.6 Å². The van der Waals surface area contributed by atoms with E-state index in [1.54, 1.807) is 61.2 Å². The van der Waals surface area contributed by atoms with Crippen molar-refractivity contribution < 1.29 is 70.9 Å². The van der Waals surface area contributed by atoms with Crippen molar-refractivity contribution in [2.75, 3.05) is 13.1 Å². The Morgan fingerprint density at radius 1 is 0.556 bits per heavy atom. The first-order valence-electron chi connectivity index (χ1n) is 32.7. The third-order valence-corrected chi connectivity index (χ3v) is 1670. The summed E-state index contributed by atoms with van der Waals surface area (Å²) < 4.78 is 0. The molecule has 2 aromatic carbocycles. The normalized spacial score (nSPS) is 18.4. The Morgan fingerprint density at radius 2 is 0.968 bits per heavy atom. The molecule has 124 heavy (non-hydrogen) atoms. The number of aromatic nitrogens is 4. The second-order valence-corrected chi connectivity index (χ2v) is 745. The van der Waals surface area contributed by atoms with E-state index in [1.807, 2.05) is 88.1 Å². The van der Waals surface area contributed by atoms with Crippen LogP contribution in [0.4, 0.5) is 0 Å². The largest absolute Gasteiger partial charge is 0.479 e. The van der Waals surface area contributed by atoms with Gasteiger partial charge in [-0.3, -0.25) is 39.1 Å². The Kier molecular flexibility index (Phi) is 93.1. The number of carboxylic acid groups (broad SMARTS) is 1. The molecule has 4 atom stereocenters. The molecule has 7 N–H and O–H groups in total. The number of rotatable bonds is 20. The van der Waals surface area contributed by atoms with Crippen molar-refractivity contribution in [1.29, 1.82) is 10.5 Å². The number of likely N-dealkylation sites (tertiary alicyclic amines) is 1. The Labute approximate surface area is 1050 Å². The monoisotopic (exact) mass is 6270 g/mol. The van der Waals surface area contributed by atoms with E-state index in [0.29, 0.717) is 123 Å². The molecule has 6 aromatic rings. The fourth-order valence-electron chi connectivity index (χ4n) is 10.3. The molecule has 1 fully saturated rings. The standard InChI is InChI=1S/C22H24ClN3O3.C11H14ClNO.C9H8N2O.C9H9NO3.C8H7NO.C4H9NSi.I10.I9.I8.I7.I6/c1-14-6-7-16(23)12-15(14)13-25-20(27)19-5-3-11-26(19)21(28)22(29)9-8-18-17(22)4-2-10-24-18;1-8-2-4-10(12)6-9(8)3-5-11(14)7-13;10-6-9(12)4-3-8-7(9)2-1-5-11-8;11-8(12)9(13)4-3-7-6(9)2-1-5-10-7;10-8-4-3-7-6(8)2-1-5-9-7;1-6(2,3)4-5;1-7(2)9(5)10(6)8(3)4;1-6-8(4)9(5)7(2)3;1-6(2)8(5)7(3)4;1-5-7(4)6(2)3;1-5(2)6(3)4/h2,4,6-7,10,12,19,29H,3,5,8-9,11,13H2,1H3,(H,25,27);2,4,6H,3,5,7,13H2,1H3;1-2,5,12H,3-4H2;1-2,5,13H,3-4H2,(H,11,12);1-2,5H,3-4H2;1-3H3;;;;;/q;;;;;;;-1;;-1;/t19-,22?;;;;;;;;;;/m0........../s1. The number of halogens is 42. The summed E-state index contributed by atoms with van der Waals surface area (Å²) in [6.07, 6.45) is 13.5. The Bertz CT molecular complexity index is 4360. The summed E-state index contributed by atoms with van der Waals surface area (Å²) in [5.41, 5.74) is 12.9. The molecular weight excluding hydrogens is 6200 g/mol. The number of carbonyl (C=O) groups excluding carboxylic acids is 4. The molecule has 0 saturated carbocycles. The minimum atomic E-state index is -1.72. The van der Waals surface area contributed by atoms with E-state index < -0.39 is 42.8 Å². The van der Waals surface area contributed by atoms with Gasteiger partial charge < -0.3 is 36.4 Å². The minimum Gasteiger partial charge on any atom is -0.479 e. The summed E-state index contributed by atoms with van der Waals surface area (Å²) >= 11 is 79.0. The van der Waals surface area contributed by atoms with Crippen LogP contribution in [0.15, 0.2) is 110 Å². The number of nitriles is 2. The van der Waals surface area contributed by atoms with Gasteiger partial charge >= 0.3 is 590 Å². The van der Waals surface area contributed by atoms with Gasteiger partial charge in [0.1, 0.15) is 17.9 Å². The average molecular weight is 6270 g/mol. The Balaban J connectivity index is 0.000000712. The Morgan fingerprint density at radius 3 is 1.35 bits per heavy atom. The number of aryl methyl sites for hydroxylation is 7. The molecule has 5 aliphatic rings. The first kappa shape index (κ1) is 144. The number of nitrogens with zero attached hydrogens (tertiary/aromatic N) is 7. The van der Waals surface area contributed by atoms with Gasteiger partial charge in [-0.1, -0.05) is 73.2 Å². The van der Waals surface area contributed by atoms with Crippen molar-refractivity contribution in [2.24, 2.45) is 5.73 Å². The number of hydrogen-bond donors (Lipinski definition) is 6. The van der Waals surface area contributed by atoms with Crippen LogP contribution in [0.25, 0.3) is 0 Å². The van der Waals surface area contributed by atoms with E-state index in [2.05, 4.69) is 478 Å². The zero-order valence-electron chi connectivity index (χ0n) is 63.0. The van der Waals surface area contributed by atoms with Crippen LogP contribution in [0, 0.1) is 36.1 Å². The minimum absolute atomic E-state index is 0.0874. The number of nitrogens with two attached hydrogens (primary N) is 1. The van der Waals surface area contributed by atoms with E-state index in [4.69, 9.17) is 44.6 Å². The van der Waals surface area contributed by atoms with Gasteiger partial charge in [0.2, 0.25) is 5.91 Å². The maximum atomic E-state index is 13.3. The number of pyridine rings is 4. The van der Waals surface area contributed by atoms with Crippen LogP contribution < -0.4 is 37.6 Å². The number of hydrogen-bond acceptors (Lipinski definition) is 15. The van der Waals surface area contributed by atoms with Crippen LogP contribution in [0.5, 0.6) is 0 Å². The number of aliphatic carboxylic acids is 1. The summed E-state index contributed by atoms with van der Waals surface area (Å²) in [5.74, 6) is -1.48. The summed E-state index contributed by atoms with van der Waals surface area (Å²) in [4.78, 5) is 77.0. The maximum Gasteiger partial charge on any atom is 0.340 e. The van der Waals surface area contributed by atoms with Crippen molar-refractivity contribution in [2.45, 2.75) is 140 Å². The van der Waals surface area contributed by atoms with Crippen molar-refractivity contribution in [3.05, 3.63) is 187 Å². The molecule has 1 aliphatic heterocycles. The fraction of sp³-hybridized carbons (Fsp3) is 0.381. The third-order valence-electron chi connectivity index (χ3n) is 15.8. The molecule has 61 heteroatoms. The molecular formula is C63H71Cl2I40N9O9Si-2. The van der Waals surface area contributed by atoms with Crippen LogP contribution in [0.3, 0.4) is 0 Å². The number of aliphatic hydroxyl groups is 3. The van der Waals surface area contributed by atoms with Crippen molar-refractivity contribution in [1.82, 2.24) is 30.2 Å². The number of benzene rings is 2. The maximum absolute atomic E-state index is 13.3. The predicted molar refractivity (Wildman–Crippen MR) is 853 cm³/mol. The quantitative estimate of drug-likeness (QED) is 0.0235. The summed E-state index contributed by atoms with van der Waals surface area (Å²) in [5, 5.41) is 60.8. The topological polar surface area (TPSA) is 307 Å². The second kappa shape index (κ2) is 80.4. The summed E-state index contributed by atoms with van der Waals surface area (Å²) in [6.45, 7) is 11.0. The van der Waals surface area contributed by atoms with Crippen LogP contribution in [-0.4, -0.2) is 102 Å². The SMILES string of the molecule is C[Si](C)(C)C#N.Cc1ccc(Cl)cc1CCC(=O)CN.Cc1ccc(Cl)cc1CNC(=O)[C@@H]1CCCN1C(=O)C1(O)CCc2ncccc21.II(I)I(I)I.II(I)I(I)I(I)I.II(I)I(I)I(I)I(I)I.I[I-]I(I)I(I)I.I[I-]I(I)I(I)I(I)I.N#CC1(O)CCc2ncccc21.O=C(O)C1(O)CCc2ncccc21.O=C1CCc2ncccc21. The van der Waals surface area contributed by atoms with Gasteiger partial charge in [-0.05, 0) is 155 Å². The second-order valence-electron chi connectivity index (χ2n) is 24.4. The summed E-state index contributed by atoms with van der Waals surface area (Å²) in [6, 6.07) is 26.5. The van der Waals surface area contributed by atoms with Crippen molar-refractivity contribution in [3.63, 3.8) is 0 Å². The van der Waals surface area contributed by atoms with Gasteiger partial charge in [0.15, 0.2) is 30.7 Å².